The van der Waals surface area contributed by atoms with E-state index in [2.05, 4.69) is 25.1 Å². The molecule has 3 heteroatoms. The number of hydrogen-bond acceptors (Lipinski definition) is 3. The van der Waals surface area contributed by atoms with Crippen LogP contribution in [0.3, 0.4) is 0 Å². The smallest absolute Gasteiger partial charge is 0.305 e. The van der Waals surface area contributed by atoms with Gasteiger partial charge in [-0.3, -0.25) is 4.79 Å². The number of ether oxygens (including phenoxy) is 2. The predicted octanol–water partition coefficient (Wildman–Crippen LogP) is 6.95. The highest BCUT2D eigenvalue weighted by Gasteiger charge is 2.03. The Labute approximate surface area is 166 Å². The zero-order valence-corrected chi connectivity index (χ0v) is 17.4. The molecule has 0 saturated carbocycles. The van der Waals surface area contributed by atoms with Crippen LogP contribution < -0.4 is 4.74 Å². The maximum Gasteiger partial charge on any atom is 0.305 e. The lowest BCUT2D eigenvalue weighted by molar-refractivity contribution is -0.143. The number of carbonyl (C=O) groups is 1. The molecule has 27 heavy (non-hydrogen) atoms. The van der Waals surface area contributed by atoms with Crippen LogP contribution in [0.1, 0.15) is 90.0 Å². The number of para-hydroxylation sites is 1. The van der Waals surface area contributed by atoms with Gasteiger partial charge in [-0.15, -0.1) is 0 Å². The van der Waals surface area contributed by atoms with Crippen molar-refractivity contribution in [1.29, 1.82) is 0 Å². The average Bonchev–Trinajstić information content (AvgIpc) is 2.68. The molecule has 1 aromatic carbocycles. The second-order valence-corrected chi connectivity index (χ2v) is 6.96. The number of allylic oxidation sites excluding steroid dienone is 1. The molecule has 0 atom stereocenters. The molecule has 0 spiro atoms. The first-order valence-electron chi connectivity index (χ1n) is 10.8. The highest BCUT2D eigenvalue weighted by atomic mass is 16.5. The van der Waals surface area contributed by atoms with Crippen LogP contribution in [0.2, 0.25) is 0 Å². The fraction of sp³-hybridized carbons (Fsp3) is 0.625. The van der Waals surface area contributed by atoms with Gasteiger partial charge in [-0.05, 0) is 32.3 Å². The first-order valence-corrected chi connectivity index (χ1v) is 10.8. The number of benzene rings is 1. The fourth-order valence-corrected chi connectivity index (χ4v) is 2.99. The van der Waals surface area contributed by atoms with E-state index in [4.69, 9.17) is 9.47 Å². The zero-order chi connectivity index (χ0) is 19.6. The van der Waals surface area contributed by atoms with Crippen molar-refractivity contribution in [2.24, 2.45) is 0 Å². The van der Waals surface area contributed by atoms with Crippen LogP contribution in [-0.2, 0) is 9.53 Å². The van der Waals surface area contributed by atoms with E-state index in [1.165, 1.54) is 51.4 Å². The molecular formula is C24H38O3. The summed E-state index contributed by atoms with van der Waals surface area (Å²) >= 11 is 0. The number of esters is 1. The van der Waals surface area contributed by atoms with Gasteiger partial charge in [-0.2, -0.15) is 0 Å². The van der Waals surface area contributed by atoms with E-state index in [0.29, 0.717) is 26.1 Å². The van der Waals surface area contributed by atoms with Crippen molar-refractivity contribution in [1.82, 2.24) is 0 Å². The normalized spacial score (nSPS) is 11.0. The first kappa shape index (κ1) is 23.3. The second-order valence-electron chi connectivity index (χ2n) is 6.96. The largest absolute Gasteiger partial charge is 0.493 e. The molecule has 0 radical (unpaired) electrons. The van der Waals surface area contributed by atoms with Gasteiger partial charge < -0.3 is 9.47 Å². The standard InChI is InChI=1S/C24H38O3/c1-3-5-6-7-8-9-10-11-12-13-17-22-18-14-15-19-23(22)27-21-16-20-24(25)26-4-2/h13-15,17-19H,3-12,16,20-21H2,1-2H3/b17-13+. The Morgan fingerprint density at radius 3 is 2.37 bits per heavy atom. The van der Waals surface area contributed by atoms with Crippen molar-refractivity contribution in [2.75, 3.05) is 13.2 Å². The van der Waals surface area contributed by atoms with E-state index >= 15 is 0 Å². The molecule has 0 amide bonds. The molecule has 1 aromatic rings. The zero-order valence-electron chi connectivity index (χ0n) is 17.4. The molecule has 0 bridgehead atoms. The van der Waals surface area contributed by atoms with Crippen molar-refractivity contribution in [3.05, 3.63) is 35.9 Å². The third-order valence-electron chi connectivity index (χ3n) is 4.53. The highest BCUT2D eigenvalue weighted by molar-refractivity contribution is 5.69. The van der Waals surface area contributed by atoms with Gasteiger partial charge in [0.25, 0.3) is 0 Å². The first-order chi connectivity index (χ1) is 13.3. The van der Waals surface area contributed by atoms with Crippen LogP contribution in [0.15, 0.2) is 30.3 Å². The molecule has 0 saturated heterocycles. The summed E-state index contributed by atoms with van der Waals surface area (Å²) in [5.74, 6) is 0.730. The second kappa shape index (κ2) is 16.4. The molecule has 0 N–H and O–H groups in total. The lowest BCUT2D eigenvalue weighted by Gasteiger charge is -2.09. The summed E-state index contributed by atoms with van der Waals surface area (Å²) in [5.41, 5.74) is 1.10. The Bertz CT molecular complexity index is 522. The summed E-state index contributed by atoms with van der Waals surface area (Å²) in [5, 5.41) is 0. The van der Waals surface area contributed by atoms with E-state index in [0.717, 1.165) is 17.7 Å². The molecule has 3 nitrogen and oxygen atoms in total. The van der Waals surface area contributed by atoms with E-state index in [1.807, 2.05) is 25.1 Å². The van der Waals surface area contributed by atoms with Gasteiger partial charge in [0.15, 0.2) is 0 Å². The van der Waals surface area contributed by atoms with E-state index in [1.54, 1.807) is 0 Å². The molecule has 0 unspecified atom stereocenters. The van der Waals surface area contributed by atoms with Gasteiger partial charge in [-0.25, -0.2) is 0 Å². The lowest BCUT2D eigenvalue weighted by atomic mass is 10.1. The van der Waals surface area contributed by atoms with Gasteiger partial charge in [0.05, 0.1) is 13.2 Å². The minimum atomic E-state index is -0.153. The molecular weight excluding hydrogens is 336 g/mol. The Hall–Kier alpha value is -1.77. The van der Waals surface area contributed by atoms with E-state index < -0.39 is 0 Å². The molecule has 0 aromatic heterocycles. The average molecular weight is 375 g/mol. The maximum absolute atomic E-state index is 11.3. The molecule has 152 valence electrons. The van der Waals surface area contributed by atoms with Crippen LogP contribution in [-0.4, -0.2) is 19.2 Å². The van der Waals surface area contributed by atoms with Crippen LogP contribution in [0.4, 0.5) is 0 Å². The van der Waals surface area contributed by atoms with E-state index in [9.17, 15) is 4.79 Å². The van der Waals surface area contributed by atoms with Gasteiger partial charge in [-0.1, -0.05) is 82.2 Å². The number of hydrogen-bond donors (Lipinski definition) is 0. The van der Waals surface area contributed by atoms with Crippen LogP contribution in [0, 0.1) is 0 Å². The SMILES string of the molecule is CCCCCCCCCC/C=C/c1ccccc1OCCCC(=O)OCC. The van der Waals surface area contributed by atoms with Crippen LogP contribution >= 0.6 is 0 Å². The van der Waals surface area contributed by atoms with Gasteiger partial charge in [0, 0.05) is 12.0 Å². The van der Waals surface area contributed by atoms with Crippen molar-refractivity contribution in [2.45, 2.75) is 84.5 Å². The molecule has 0 aliphatic rings. The quantitative estimate of drug-likeness (QED) is 0.232. The maximum atomic E-state index is 11.3. The Morgan fingerprint density at radius 2 is 1.63 bits per heavy atom. The summed E-state index contributed by atoms with van der Waals surface area (Å²) in [4.78, 5) is 11.3. The third kappa shape index (κ3) is 12.3. The van der Waals surface area contributed by atoms with Crippen molar-refractivity contribution >= 4 is 12.0 Å². The summed E-state index contributed by atoms with van der Waals surface area (Å²) in [6.45, 7) is 5.05. The lowest BCUT2D eigenvalue weighted by Crippen LogP contribution is -2.07. The third-order valence-corrected chi connectivity index (χ3v) is 4.53. The summed E-state index contributed by atoms with van der Waals surface area (Å²) in [6.07, 6.45) is 17.4. The van der Waals surface area contributed by atoms with E-state index in [-0.39, 0.29) is 5.97 Å². The Balaban J connectivity index is 2.21. The highest BCUT2D eigenvalue weighted by Crippen LogP contribution is 2.20. The van der Waals surface area contributed by atoms with Crippen molar-refractivity contribution in [3.63, 3.8) is 0 Å². The van der Waals surface area contributed by atoms with Gasteiger partial charge >= 0.3 is 5.97 Å². The van der Waals surface area contributed by atoms with Crippen LogP contribution in [0.25, 0.3) is 6.08 Å². The van der Waals surface area contributed by atoms with Gasteiger partial charge in [0.1, 0.15) is 5.75 Å². The summed E-state index contributed by atoms with van der Waals surface area (Å²) in [6, 6.07) is 8.07. The molecule has 0 aliphatic heterocycles. The van der Waals surface area contributed by atoms with Gasteiger partial charge in [0.2, 0.25) is 0 Å². The molecule has 1 rings (SSSR count). The monoisotopic (exact) mass is 374 g/mol. The minimum absolute atomic E-state index is 0.153. The summed E-state index contributed by atoms with van der Waals surface area (Å²) < 4.78 is 10.8. The minimum Gasteiger partial charge on any atom is -0.493 e. The fourth-order valence-electron chi connectivity index (χ4n) is 2.99. The predicted molar refractivity (Wildman–Crippen MR) is 114 cm³/mol. The van der Waals surface area contributed by atoms with Crippen molar-refractivity contribution in [3.8, 4) is 5.75 Å². The number of carbonyl (C=O) groups excluding carboxylic acids is 1. The Kier molecular flexibility index (Phi) is 14.1. The topological polar surface area (TPSA) is 35.5 Å². The molecule has 0 fully saturated rings. The molecule has 0 aliphatic carbocycles. The molecule has 0 heterocycles. The van der Waals surface area contributed by atoms with Crippen molar-refractivity contribution < 1.29 is 14.3 Å². The number of unbranched alkanes of at least 4 members (excludes halogenated alkanes) is 8. The number of rotatable bonds is 16. The summed E-state index contributed by atoms with van der Waals surface area (Å²) in [7, 11) is 0. The van der Waals surface area contributed by atoms with Crippen LogP contribution in [0.5, 0.6) is 5.75 Å². The Morgan fingerprint density at radius 1 is 0.926 bits per heavy atom.